The molecule has 0 aliphatic carbocycles. The van der Waals surface area contributed by atoms with Crippen LogP contribution < -0.4 is 10.6 Å². The largest absolute Gasteiger partial charge is 0.322 e. The van der Waals surface area contributed by atoms with E-state index in [1.807, 2.05) is 12.1 Å². The van der Waals surface area contributed by atoms with Crippen molar-refractivity contribution < 1.29 is 9.72 Å². The molecule has 2 N–H and O–H groups in total. The molecular weight excluding hydrogens is 270 g/mol. The highest BCUT2D eigenvalue weighted by molar-refractivity contribution is 6.04. The molecular formula is C15H13N3O3. The lowest BCUT2D eigenvalue weighted by molar-refractivity contribution is -0.384. The molecule has 2 aromatic carbocycles. The van der Waals surface area contributed by atoms with Gasteiger partial charge < -0.3 is 10.6 Å². The van der Waals surface area contributed by atoms with Crippen LogP contribution in [0.4, 0.5) is 11.4 Å². The van der Waals surface area contributed by atoms with E-state index >= 15 is 0 Å². The molecule has 6 heteroatoms. The van der Waals surface area contributed by atoms with Gasteiger partial charge in [-0.05, 0) is 35.4 Å². The molecule has 3 rings (SSSR count). The van der Waals surface area contributed by atoms with Gasteiger partial charge in [-0.3, -0.25) is 14.9 Å². The quantitative estimate of drug-likeness (QED) is 0.669. The second kappa shape index (κ2) is 5.34. The first kappa shape index (κ1) is 13.3. The molecule has 1 amide bonds. The van der Waals surface area contributed by atoms with Crippen molar-refractivity contribution in [2.45, 2.75) is 13.1 Å². The maximum Gasteiger partial charge on any atom is 0.269 e. The minimum atomic E-state index is -0.473. The first-order valence-corrected chi connectivity index (χ1v) is 6.52. The van der Waals surface area contributed by atoms with Gasteiger partial charge in [0, 0.05) is 36.5 Å². The SMILES string of the molecule is O=C(Nc1ccc([N+](=O)[O-])cc1)c1ccc2c(c1)CNC2. The normalized spacial score (nSPS) is 12.8. The van der Waals surface area contributed by atoms with Crippen LogP contribution in [0.1, 0.15) is 21.5 Å². The second-order valence-electron chi connectivity index (χ2n) is 4.85. The van der Waals surface area contributed by atoms with Crippen molar-refractivity contribution in [3.63, 3.8) is 0 Å². The van der Waals surface area contributed by atoms with Crippen molar-refractivity contribution in [1.29, 1.82) is 0 Å². The molecule has 0 bridgehead atoms. The van der Waals surface area contributed by atoms with Crippen LogP contribution in [-0.4, -0.2) is 10.8 Å². The first-order chi connectivity index (χ1) is 10.1. The van der Waals surface area contributed by atoms with Gasteiger partial charge in [-0.25, -0.2) is 0 Å². The third kappa shape index (κ3) is 2.75. The highest BCUT2D eigenvalue weighted by Gasteiger charge is 2.14. The van der Waals surface area contributed by atoms with Gasteiger partial charge in [0.15, 0.2) is 0 Å². The molecule has 0 saturated carbocycles. The smallest absolute Gasteiger partial charge is 0.269 e. The molecule has 0 radical (unpaired) electrons. The highest BCUT2D eigenvalue weighted by Crippen LogP contribution is 2.19. The number of anilines is 1. The van der Waals surface area contributed by atoms with Crippen LogP contribution in [0.2, 0.25) is 0 Å². The van der Waals surface area contributed by atoms with Gasteiger partial charge >= 0.3 is 0 Å². The number of benzene rings is 2. The number of carbonyl (C=O) groups excluding carboxylic acids is 1. The molecule has 106 valence electrons. The second-order valence-corrected chi connectivity index (χ2v) is 4.85. The van der Waals surface area contributed by atoms with Crippen molar-refractivity contribution in [3.05, 3.63) is 69.3 Å². The molecule has 21 heavy (non-hydrogen) atoms. The Bertz CT molecular complexity index is 711. The van der Waals surface area contributed by atoms with Crippen molar-refractivity contribution in [3.8, 4) is 0 Å². The minimum absolute atomic E-state index is 0.00314. The van der Waals surface area contributed by atoms with Crippen LogP contribution in [0, 0.1) is 10.1 Å². The van der Waals surface area contributed by atoms with Gasteiger partial charge in [-0.2, -0.15) is 0 Å². The summed E-state index contributed by atoms with van der Waals surface area (Å²) in [6.07, 6.45) is 0. The Morgan fingerprint density at radius 1 is 1.10 bits per heavy atom. The monoisotopic (exact) mass is 283 g/mol. The van der Waals surface area contributed by atoms with Crippen molar-refractivity contribution >= 4 is 17.3 Å². The van der Waals surface area contributed by atoms with Crippen molar-refractivity contribution in [2.75, 3.05) is 5.32 Å². The van der Waals surface area contributed by atoms with Crippen LogP contribution in [0.25, 0.3) is 0 Å². The van der Waals surface area contributed by atoms with E-state index in [1.54, 1.807) is 6.07 Å². The summed E-state index contributed by atoms with van der Waals surface area (Å²) >= 11 is 0. The number of hydrogen-bond donors (Lipinski definition) is 2. The zero-order valence-electron chi connectivity index (χ0n) is 11.1. The van der Waals surface area contributed by atoms with Crippen LogP contribution in [0.3, 0.4) is 0 Å². The predicted molar refractivity (Wildman–Crippen MR) is 78.0 cm³/mol. The number of nitro benzene ring substituents is 1. The molecule has 0 saturated heterocycles. The van der Waals surface area contributed by atoms with Crippen molar-refractivity contribution in [1.82, 2.24) is 5.32 Å². The third-order valence-corrected chi connectivity index (χ3v) is 3.44. The lowest BCUT2D eigenvalue weighted by Crippen LogP contribution is -2.12. The van der Waals surface area contributed by atoms with E-state index in [0.29, 0.717) is 11.3 Å². The van der Waals surface area contributed by atoms with Crippen LogP contribution >= 0.6 is 0 Å². The predicted octanol–water partition coefficient (Wildman–Crippen LogP) is 2.45. The maximum absolute atomic E-state index is 12.2. The standard InChI is InChI=1S/C15H13N3O3/c19-15(10-1-2-11-8-16-9-12(11)7-10)17-13-3-5-14(6-4-13)18(20)21/h1-7,16H,8-9H2,(H,17,19). The number of rotatable bonds is 3. The summed E-state index contributed by atoms with van der Waals surface area (Å²) in [6.45, 7) is 1.60. The van der Waals surface area contributed by atoms with E-state index in [4.69, 9.17) is 0 Å². The summed E-state index contributed by atoms with van der Waals surface area (Å²) in [7, 11) is 0. The van der Waals surface area contributed by atoms with E-state index < -0.39 is 4.92 Å². The number of non-ortho nitro benzene ring substituents is 1. The van der Waals surface area contributed by atoms with Crippen LogP contribution in [-0.2, 0) is 13.1 Å². The molecule has 1 heterocycles. The van der Waals surface area contributed by atoms with Gasteiger partial charge in [0.1, 0.15) is 0 Å². The number of nitro groups is 1. The Morgan fingerprint density at radius 2 is 1.81 bits per heavy atom. The average Bonchev–Trinajstić information content (AvgIpc) is 2.95. The Morgan fingerprint density at radius 3 is 2.52 bits per heavy atom. The summed E-state index contributed by atoms with van der Waals surface area (Å²) in [5.74, 6) is -0.224. The molecule has 0 spiro atoms. The summed E-state index contributed by atoms with van der Waals surface area (Å²) in [4.78, 5) is 22.3. The lowest BCUT2D eigenvalue weighted by atomic mass is 10.1. The third-order valence-electron chi connectivity index (χ3n) is 3.44. The van der Waals surface area contributed by atoms with Crippen LogP contribution in [0.15, 0.2) is 42.5 Å². The number of amides is 1. The number of fused-ring (bicyclic) bond motifs is 1. The van der Waals surface area contributed by atoms with Gasteiger partial charge in [-0.15, -0.1) is 0 Å². The fraction of sp³-hybridized carbons (Fsp3) is 0.133. The molecule has 0 aromatic heterocycles. The number of hydrogen-bond acceptors (Lipinski definition) is 4. The molecule has 0 fully saturated rings. The van der Waals surface area contributed by atoms with Crippen molar-refractivity contribution in [2.24, 2.45) is 0 Å². The van der Waals surface area contributed by atoms with Gasteiger partial charge in [0.25, 0.3) is 11.6 Å². The van der Waals surface area contributed by atoms with Gasteiger partial charge in [0.05, 0.1) is 4.92 Å². The molecule has 1 aliphatic heterocycles. The van der Waals surface area contributed by atoms with E-state index in [0.717, 1.165) is 18.7 Å². The Balaban J connectivity index is 1.75. The maximum atomic E-state index is 12.2. The molecule has 6 nitrogen and oxygen atoms in total. The zero-order valence-corrected chi connectivity index (χ0v) is 11.1. The van der Waals surface area contributed by atoms with Crippen LogP contribution in [0.5, 0.6) is 0 Å². The summed E-state index contributed by atoms with van der Waals surface area (Å²) in [5.41, 5.74) is 3.45. The summed E-state index contributed by atoms with van der Waals surface area (Å²) < 4.78 is 0. The van der Waals surface area contributed by atoms with Gasteiger partial charge in [0.2, 0.25) is 0 Å². The fourth-order valence-corrected chi connectivity index (χ4v) is 2.31. The minimum Gasteiger partial charge on any atom is -0.322 e. The Labute approximate surface area is 120 Å². The highest BCUT2D eigenvalue weighted by atomic mass is 16.6. The summed E-state index contributed by atoms with van der Waals surface area (Å²) in [5, 5.41) is 16.5. The number of nitrogens with one attached hydrogen (secondary N) is 2. The molecule has 2 aromatic rings. The average molecular weight is 283 g/mol. The summed E-state index contributed by atoms with van der Waals surface area (Å²) in [6, 6.07) is 11.4. The fourth-order valence-electron chi connectivity index (χ4n) is 2.31. The van der Waals surface area contributed by atoms with E-state index in [9.17, 15) is 14.9 Å². The number of carbonyl (C=O) groups is 1. The lowest BCUT2D eigenvalue weighted by Gasteiger charge is -2.06. The topological polar surface area (TPSA) is 84.3 Å². The Kier molecular flexibility index (Phi) is 3.37. The first-order valence-electron chi connectivity index (χ1n) is 6.52. The Hall–Kier alpha value is -2.73. The van der Waals surface area contributed by atoms with E-state index in [2.05, 4.69) is 10.6 Å². The number of nitrogens with zero attached hydrogens (tertiary/aromatic N) is 1. The van der Waals surface area contributed by atoms with Gasteiger partial charge in [-0.1, -0.05) is 6.07 Å². The van der Waals surface area contributed by atoms with E-state index in [1.165, 1.54) is 29.8 Å². The molecule has 1 aliphatic rings. The zero-order chi connectivity index (χ0) is 14.8. The molecule has 0 atom stereocenters. The molecule has 0 unspecified atom stereocenters. The van der Waals surface area contributed by atoms with E-state index in [-0.39, 0.29) is 11.6 Å².